The molecule has 0 aliphatic carbocycles. The van der Waals surface area contributed by atoms with Crippen LogP contribution in [-0.2, 0) is 0 Å². The summed E-state index contributed by atoms with van der Waals surface area (Å²) in [4.78, 5) is 9.74. The van der Waals surface area contributed by atoms with Crippen molar-refractivity contribution in [1.29, 1.82) is 0 Å². The van der Waals surface area contributed by atoms with Crippen molar-refractivity contribution in [3.8, 4) is 34.5 Å². The lowest BCUT2D eigenvalue weighted by Gasteiger charge is -2.38. The number of ether oxygens (including phenoxy) is 4. The third kappa shape index (κ3) is 23.9. The predicted molar refractivity (Wildman–Crippen MR) is 505 cm³/mol. The molecule has 4 saturated heterocycles. The molecule has 0 aromatic heterocycles. The summed E-state index contributed by atoms with van der Waals surface area (Å²) in [6, 6.07) is 113. The standard InChI is InChI=1S/2C28H31NO2.C28H31NO.C27H29NO/c1-3-17-29-19-26(20-29)31-25-15-13-22(14-16-25)28(23-11-8-12-24(30)18-23)27(4-2)21-9-6-5-7-10-21;1-3-18-29-19-26(20-29)31-25-16-12-23(13-17-25)28(22-10-14-24(30)15-11-22)27(4-2)21-8-6-5-7-9-21;1-3-19-29-20-26(21-29)30-25-17-15-24(16-18-25)28(23-13-9-6-10-14-23)27(4-2)22-11-7-5-8-12-22;1-3-18-28-19-26(20-28)29-25-16-14-24(15-17-25)27(23-12-8-5-9-13-23)21(2)22-10-6-4-7-11-22/h5-16,18,26,30H,3-4,17,19-20H2,1-2H3;5-17,26,30H,3-4,18-20H2,1-2H3;5-18,26H,3-4,19-21H2,1-2H3;4-17,26H,3,18-20H2,1-2H3/b;;28-27-;. The summed E-state index contributed by atoms with van der Waals surface area (Å²) >= 11 is 0. The molecule has 0 spiro atoms. The fourth-order valence-electron chi connectivity index (χ4n) is 16.9. The molecule has 10 heteroatoms. The Labute approximate surface area is 721 Å². The number of benzene rings is 12. The zero-order valence-electron chi connectivity index (χ0n) is 72.2. The van der Waals surface area contributed by atoms with E-state index in [9.17, 15) is 10.2 Å². The summed E-state index contributed by atoms with van der Waals surface area (Å²) in [7, 11) is 0. The third-order valence-electron chi connectivity index (χ3n) is 23.0. The molecular weight excluding hydrogens is 1490 g/mol. The first-order chi connectivity index (χ1) is 59.4. The van der Waals surface area contributed by atoms with Crippen LogP contribution in [0.1, 0.15) is 167 Å². The van der Waals surface area contributed by atoms with E-state index in [0.717, 1.165) is 136 Å². The van der Waals surface area contributed by atoms with E-state index in [4.69, 9.17) is 18.9 Å². The molecular formula is C111H122N4O6. The highest BCUT2D eigenvalue weighted by molar-refractivity contribution is 6.01. The lowest BCUT2D eigenvalue weighted by molar-refractivity contribution is 0.0201. The van der Waals surface area contributed by atoms with E-state index in [1.165, 1.54) is 122 Å². The molecule has 4 fully saturated rings. The Balaban J connectivity index is 0.000000139. The molecule has 10 nitrogen and oxygen atoms in total. The Morgan fingerprint density at radius 3 is 0.727 bits per heavy atom. The molecule has 622 valence electrons. The SMILES string of the molecule is CCCN1CC(Oc2ccc(/C(=C(/CC)c3ccccc3)c3ccccc3)cc2)C1.CCCN1CC(Oc2ccc(C(=C(C)c3ccccc3)c3ccccc3)cc2)C1.CCCN1CC(Oc2ccc(C(=C(CC)c3ccccc3)c3ccc(O)cc3)cc2)C1.CCCN1CC(Oc2ccc(C(=C(CC)c3ccccc3)c3cccc(O)c3)cc2)C1. The quantitative estimate of drug-likeness (QED) is 0.0410. The summed E-state index contributed by atoms with van der Waals surface area (Å²) in [5.41, 5.74) is 24.4. The topological polar surface area (TPSA) is 90.3 Å². The molecule has 2 N–H and O–H groups in total. The second-order valence-electron chi connectivity index (χ2n) is 32.0. The minimum atomic E-state index is 0.278. The Hall–Kier alpha value is -11.8. The van der Waals surface area contributed by atoms with Gasteiger partial charge in [-0.3, -0.25) is 19.6 Å². The summed E-state index contributed by atoms with van der Waals surface area (Å²) < 4.78 is 24.7. The van der Waals surface area contributed by atoms with Gasteiger partial charge in [-0.15, -0.1) is 0 Å². The maximum absolute atomic E-state index is 10.1. The number of phenolic OH excluding ortho intramolecular Hbond substituents is 2. The first-order valence-corrected chi connectivity index (χ1v) is 44.2. The molecule has 4 aliphatic heterocycles. The molecule has 0 amide bonds. The lowest BCUT2D eigenvalue weighted by Crippen LogP contribution is -2.53. The highest BCUT2D eigenvalue weighted by Crippen LogP contribution is 2.41. The van der Waals surface area contributed by atoms with Crippen molar-refractivity contribution in [3.05, 3.63) is 394 Å². The summed E-state index contributed by atoms with van der Waals surface area (Å²) in [6.07, 6.45) is 8.78. The second kappa shape index (κ2) is 44.5. The van der Waals surface area contributed by atoms with Gasteiger partial charge in [-0.25, -0.2) is 0 Å². The van der Waals surface area contributed by atoms with Gasteiger partial charge in [0.2, 0.25) is 0 Å². The maximum Gasteiger partial charge on any atom is 0.124 e. The molecule has 12 aromatic rings. The predicted octanol–water partition coefficient (Wildman–Crippen LogP) is 25.1. The smallest absolute Gasteiger partial charge is 0.124 e. The van der Waals surface area contributed by atoms with Gasteiger partial charge >= 0.3 is 0 Å². The Morgan fingerprint density at radius 1 is 0.240 bits per heavy atom. The van der Waals surface area contributed by atoms with Crippen molar-refractivity contribution in [2.24, 2.45) is 0 Å². The van der Waals surface area contributed by atoms with Crippen LogP contribution in [0.5, 0.6) is 34.5 Å². The maximum atomic E-state index is 10.1. The van der Waals surface area contributed by atoms with Gasteiger partial charge in [0.1, 0.15) is 58.9 Å². The molecule has 121 heavy (non-hydrogen) atoms. The van der Waals surface area contributed by atoms with Gasteiger partial charge < -0.3 is 29.2 Å². The third-order valence-corrected chi connectivity index (χ3v) is 23.0. The zero-order valence-corrected chi connectivity index (χ0v) is 72.2. The van der Waals surface area contributed by atoms with Gasteiger partial charge in [-0.2, -0.15) is 0 Å². The van der Waals surface area contributed by atoms with E-state index < -0.39 is 0 Å². The van der Waals surface area contributed by atoms with Crippen LogP contribution in [0, 0.1) is 0 Å². The average molecular weight is 1610 g/mol. The highest BCUT2D eigenvalue weighted by Gasteiger charge is 2.31. The summed E-state index contributed by atoms with van der Waals surface area (Å²) in [5, 5.41) is 19.9. The van der Waals surface area contributed by atoms with Crippen LogP contribution in [0.25, 0.3) is 44.6 Å². The summed E-state index contributed by atoms with van der Waals surface area (Å²) in [5.74, 6) is 4.32. The van der Waals surface area contributed by atoms with Gasteiger partial charge in [-0.05, 0) is 262 Å². The normalized spacial score (nSPS) is 15.4. The van der Waals surface area contributed by atoms with Gasteiger partial charge in [0.05, 0.1) is 0 Å². The molecule has 0 bridgehead atoms. The van der Waals surface area contributed by atoms with Crippen LogP contribution in [0.15, 0.2) is 328 Å². The first kappa shape index (κ1) is 87.1. The van der Waals surface area contributed by atoms with Gasteiger partial charge in [-0.1, -0.05) is 303 Å². The van der Waals surface area contributed by atoms with Crippen molar-refractivity contribution in [1.82, 2.24) is 19.6 Å². The first-order valence-electron chi connectivity index (χ1n) is 44.2. The van der Waals surface area contributed by atoms with E-state index in [2.05, 4.69) is 348 Å². The lowest BCUT2D eigenvalue weighted by atomic mass is 9.88. The van der Waals surface area contributed by atoms with Crippen LogP contribution in [-0.4, -0.2) is 133 Å². The highest BCUT2D eigenvalue weighted by atomic mass is 16.5. The van der Waals surface area contributed by atoms with Crippen LogP contribution < -0.4 is 18.9 Å². The van der Waals surface area contributed by atoms with Crippen LogP contribution in [0.4, 0.5) is 0 Å². The number of hydrogen-bond donors (Lipinski definition) is 2. The van der Waals surface area contributed by atoms with Crippen molar-refractivity contribution < 1.29 is 29.2 Å². The van der Waals surface area contributed by atoms with E-state index in [0.29, 0.717) is 18.3 Å². The number of nitrogens with zero attached hydrogens (tertiary/aromatic N) is 4. The average Bonchev–Trinajstić information content (AvgIpc) is 0.805. The minimum absolute atomic E-state index is 0.278. The van der Waals surface area contributed by atoms with Crippen LogP contribution in [0.2, 0.25) is 0 Å². The van der Waals surface area contributed by atoms with E-state index in [1.54, 1.807) is 18.2 Å². The fourth-order valence-corrected chi connectivity index (χ4v) is 16.9. The number of likely N-dealkylation sites (tertiary alicyclic amines) is 4. The Kier molecular flexibility index (Phi) is 32.0. The molecule has 0 radical (unpaired) electrons. The monoisotopic (exact) mass is 1610 g/mol. The molecule has 0 atom stereocenters. The van der Waals surface area contributed by atoms with Crippen LogP contribution in [0.3, 0.4) is 0 Å². The molecule has 0 unspecified atom stereocenters. The van der Waals surface area contributed by atoms with E-state index in [-0.39, 0.29) is 17.6 Å². The van der Waals surface area contributed by atoms with E-state index >= 15 is 0 Å². The number of hydrogen-bond acceptors (Lipinski definition) is 10. The largest absolute Gasteiger partial charge is 0.508 e. The van der Waals surface area contributed by atoms with Gasteiger partial charge in [0.15, 0.2) is 0 Å². The molecule has 4 heterocycles. The zero-order chi connectivity index (χ0) is 84.1. The molecule has 16 rings (SSSR count). The van der Waals surface area contributed by atoms with Crippen molar-refractivity contribution in [2.45, 2.75) is 125 Å². The van der Waals surface area contributed by atoms with E-state index in [1.807, 2.05) is 36.4 Å². The molecule has 12 aromatic carbocycles. The van der Waals surface area contributed by atoms with Gasteiger partial charge in [0, 0.05) is 52.4 Å². The van der Waals surface area contributed by atoms with Crippen molar-refractivity contribution >= 4 is 44.6 Å². The summed E-state index contributed by atoms with van der Waals surface area (Å²) in [6.45, 7) is 30.6. The Bertz CT molecular complexity index is 5250. The number of aromatic hydroxyl groups is 2. The number of allylic oxidation sites excluding steroid dienone is 4. The van der Waals surface area contributed by atoms with Crippen LogP contribution >= 0.6 is 0 Å². The molecule has 0 saturated carbocycles. The molecule has 4 aliphatic rings. The minimum Gasteiger partial charge on any atom is -0.508 e. The van der Waals surface area contributed by atoms with Gasteiger partial charge in [0.25, 0.3) is 0 Å². The second-order valence-corrected chi connectivity index (χ2v) is 32.0. The van der Waals surface area contributed by atoms with Crippen molar-refractivity contribution in [2.75, 3.05) is 78.5 Å². The number of rotatable bonds is 31. The Morgan fingerprint density at radius 2 is 0.463 bits per heavy atom. The fraction of sp³-hybridized carbons (Fsp3) is 0.279. The number of phenols is 2. The van der Waals surface area contributed by atoms with Crippen molar-refractivity contribution in [3.63, 3.8) is 0 Å².